The van der Waals surface area contributed by atoms with Gasteiger partial charge >= 0.3 is 6.09 Å². The molecule has 1 amide bonds. The van der Waals surface area contributed by atoms with Crippen LogP contribution in [-0.2, 0) is 11.3 Å². The second-order valence-corrected chi connectivity index (χ2v) is 6.52. The van der Waals surface area contributed by atoms with E-state index in [0.717, 1.165) is 11.2 Å². The lowest BCUT2D eigenvalue weighted by Gasteiger charge is -2.14. The number of imidazole rings is 1. The molecular formula is C20H19FN6O2. The van der Waals surface area contributed by atoms with Crippen molar-refractivity contribution >= 4 is 17.4 Å². The van der Waals surface area contributed by atoms with Gasteiger partial charge in [-0.05, 0) is 30.3 Å². The Balaban J connectivity index is 0.00000205. The molecular weight excluding hydrogens is 375 g/mol. The highest BCUT2D eigenvalue weighted by molar-refractivity contribution is 5.90. The van der Waals surface area contributed by atoms with Crippen LogP contribution in [0, 0.1) is 5.82 Å². The van der Waals surface area contributed by atoms with E-state index < -0.39 is 11.9 Å². The van der Waals surface area contributed by atoms with Crippen LogP contribution in [0.25, 0.3) is 16.8 Å². The van der Waals surface area contributed by atoms with Gasteiger partial charge in [-0.25, -0.2) is 18.9 Å². The molecule has 0 aliphatic carbocycles. The van der Waals surface area contributed by atoms with Crippen molar-refractivity contribution in [2.75, 3.05) is 11.4 Å². The van der Waals surface area contributed by atoms with Crippen molar-refractivity contribution in [2.24, 2.45) is 0 Å². The lowest BCUT2D eigenvalue weighted by atomic mass is 10.1. The number of nitrogens with zero attached hydrogens (tertiary/aromatic N) is 6. The quantitative estimate of drug-likeness (QED) is 0.530. The number of cyclic esters (lactones) is 1. The van der Waals surface area contributed by atoms with E-state index in [0.29, 0.717) is 24.3 Å². The van der Waals surface area contributed by atoms with Crippen molar-refractivity contribution in [2.45, 2.75) is 20.1 Å². The Morgan fingerprint density at radius 2 is 2.07 bits per heavy atom. The predicted molar refractivity (Wildman–Crippen MR) is 105 cm³/mol. The van der Waals surface area contributed by atoms with Gasteiger partial charge in [0.2, 0.25) is 0 Å². The Bertz CT molecular complexity index is 1160. The minimum absolute atomic E-state index is 0. The van der Waals surface area contributed by atoms with Crippen molar-refractivity contribution in [1.29, 1.82) is 0 Å². The topological polar surface area (TPSA) is 77.6 Å². The van der Waals surface area contributed by atoms with Crippen molar-refractivity contribution in [3.8, 4) is 11.1 Å². The Morgan fingerprint density at radius 3 is 2.86 bits per heavy atom. The van der Waals surface area contributed by atoms with E-state index in [1.165, 1.54) is 11.0 Å². The molecule has 1 aliphatic rings. The Kier molecular flexibility index (Phi) is 4.71. The van der Waals surface area contributed by atoms with Gasteiger partial charge in [0.15, 0.2) is 0 Å². The number of amides is 1. The predicted octanol–water partition coefficient (Wildman–Crippen LogP) is 3.39. The highest BCUT2D eigenvalue weighted by Crippen LogP contribution is 2.29. The number of rotatable bonds is 4. The third kappa shape index (κ3) is 3.42. The Labute approximate surface area is 166 Å². The number of pyridine rings is 1. The van der Waals surface area contributed by atoms with Gasteiger partial charge in [-0.1, -0.05) is 12.6 Å². The number of ether oxygens (including phenoxy) is 1. The maximum atomic E-state index is 14.8. The summed E-state index contributed by atoms with van der Waals surface area (Å²) in [7, 11) is 0. The lowest BCUT2D eigenvalue weighted by Crippen LogP contribution is -2.26. The van der Waals surface area contributed by atoms with Gasteiger partial charge < -0.3 is 9.14 Å². The first-order chi connectivity index (χ1) is 13.7. The summed E-state index contributed by atoms with van der Waals surface area (Å²) in [6.07, 6.45) is 7.69. The van der Waals surface area contributed by atoms with Crippen LogP contribution in [0.1, 0.15) is 7.43 Å². The Morgan fingerprint density at radius 1 is 1.17 bits per heavy atom. The molecule has 8 nitrogen and oxygen atoms in total. The molecule has 0 spiro atoms. The second kappa shape index (κ2) is 7.34. The summed E-state index contributed by atoms with van der Waals surface area (Å²) in [5, 5.41) is 7.60. The van der Waals surface area contributed by atoms with Gasteiger partial charge in [-0.15, -0.1) is 5.10 Å². The summed E-state index contributed by atoms with van der Waals surface area (Å²) in [5.74, 6) is -0.413. The third-order valence-electron chi connectivity index (χ3n) is 4.70. The van der Waals surface area contributed by atoms with Gasteiger partial charge in [-0.3, -0.25) is 4.90 Å². The maximum absolute atomic E-state index is 14.8. The molecule has 1 saturated heterocycles. The number of fused-ring (bicyclic) bond motifs is 1. The zero-order valence-corrected chi connectivity index (χ0v) is 14.6. The number of hydrogen-bond donors (Lipinski definition) is 0. The minimum atomic E-state index is -0.503. The van der Waals surface area contributed by atoms with Crippen LogP contribution in [-0.4, -0.2) is 43.1 Å². The molecule has 4 heterocycles. The van der Waals surface area contributed by atoms with Crippen LogP contribution in [0.5, 0.6) is 0 Å². The fraction of sp³-hybridized carbons (Fsp3) is 0.200. The number of carbonyl (C=O) groups excluding carboxylic acids is 1. The first-order valence-electron chi connectivity index (χ1n) is 8.72. The molecule has 0 unspecified atom stereocenters. The van der Waals surface area contributed by atoms with Gasteiger partial charge in [0, 0.05) is 35.9 Å². The van der Waals surface area contributed by atoms with Crippen LogP contribution in [0.2, 0.25) is 0 Å². The molecule has 148 valence electrons. The number of anilines is 1. The van der Waals surface area contributed by atoms with E-state index in [-0.39, 0.29) is 13.5 Å². The zero-order chi connectivity index (χ0) is 19.1. The number of aromatic nitrogens is 5. The first kappa shape index (κ1) is 18.6. The second-order valence-electron chi connectivity index (χ2n) is 6.52. The van der Waals surface area contributed by atoms with E-state index in [2.05, 4.69) is 15.3 Å². The Hall–Kier alpha value is -3.75. The molecule has 1 fully saturated rings. The fourth-order valence-electron chi connectivity index (χ4n) is 3.35. The first-order valence-corrected chi connectivity index (χ1v) is 8.72. The molecule has 5 rings (SSSR count). The van der Waals surface area contributed by atoms with Crippen LogP contribution >= 0.6 is 0 Å². The van der Waals surface area contributed by atoms with Crippen LogP contribution in [0.3, 0.4) is 0 Å². The van der Waals surface area contributed by atoms with E-state index in [1.54, 1.807) is 41.6 Å². The van der Waals surface area contributed by atoms with Crippen LogP contribution < -0.4 is 4.90 Å². The molecule has 3 aromatic heterocycles. The molecule has 1 aromatic carbocycles. The van der Waals surface area contributed by atoms with E-state index >= 15 is 0 Å². The largest absolute Gasteiger partial charge is 0.442 e. The highest BCUT2D eigenvalue weighted by atomic mass is 19.1. The summed E-state index contributed by atoms with van der Waals surface area (Å²) >= 11 is 0. The van der Waals surface area contributed by atoms with Crippen molar-refractivity contribution < 1.29 is 13.9 Å². The normalized spacial score (nSPS) is 16.1. The molecule has 0 saturated carbocycles. The molecule has 9 heteroatoms. The van der Waals surface area contributed by atoms with Gasteiger partial charge in [0.25, 0.3) is 0 Å². The van der Waals surface area contributed by atoms with Crippen molar-refractivity contribution in [3.05, 3.63) is 67.1 Å². The molecule has 1 atom stereocenters. The van der Waals surface area contributed by atoms with E-state index in [4.69, 9.17) is 4.74 Å². The molecule has 1 aliphatic heterocycles. The van der Waals surface area contributed by atoms with E-state index in [1.807, 2.05) is 22.7 Å². The van der Waals surface area contributed by atoms with Gasteiger partial charge in [0.1, 0.15) is 17.6 Å². The maximum Gasteiger partial charge on any atom is 0.414 e. The lowest BCUT2D eigenvalue weighted by molar-refractivity contribution is 0.129. The van der Waals surface area contributed by atoms with Crippen molar-refractivity contribution in [1.82, 2.24) is 24.4 Å². The average Bonchev–Trinajstić information content (AvgIpc) is 3.42. The fourth-order valence-corrected chi connectivity index (χ4v) is 3.35. The molecule has 0 radical (unpaired) electrons. The number of hydrogen-bond acceptors (Lipinski definition) is 5. The summed E-state index contributed by atoms with van der Waals surface area (Å²) < 4.78 is 23.6. The highest BCUT2D eigenvalue weighted by Gasteiger charge is 2.33. The van der Waals surface area contributed by atoms with Crippen molar-refractivity contribution in [3.63, 3.8) is 0 Å². The molecule has 0 N–H and O–H groups in total. The summed E-state index contributed by atoms with van der Waals surface area (Å²) in [5.41, 5.74) is 2.42. The summed E-state index contributed by atoms with van der Waals surface area (Å²) in [6.45, 7) is 0.714. The zero-order valence-electron chi connectivity index (χ0n) is 14.6. The summed E-state index contributed by atoms with van der Waals surface area (Å²) in [6, 6.07) is 8.39. The molecule has 0 bridgehead atoms. The van der Waals surface area contributed by atoms with Crippen LogP contribution in [0.4, 0.5) is 14.9 Å². The van der Waals surface area contributed by atoms with Crippen LogP contribution in [0.15, 0.2) is 61.3 Å². The smallest absolute Gasteiger partial charge is 0.414 e. The SMILES string of the molecule is C.O=C1O[C@@H](Cn2ccnn2)CN1c1ccc(-c2ccc3nccn3c2)c(F)c1. The van der Waals surface area contributed by atoms with E-state index in [9.17, 15) is 9.18 Å². The monoisotopic (exact) mass is 394 g/mol. The number of halogens is 1. The number of carbonyl (C=O) groups is 1. The average molecular weight is 394 g/mol. The summed E-state index contributed by atoms with van der Waals surface area (Å²) in [4.78, 5) is 17.8. The van der Waals surface area contributed by atoms with Gasteiger partial charge in [-0.2, -0.15) is 0 Å². The minimum Gasteiger partial charge on any atom is -0.442 e. The standard InChI is InChI=1S/C19H15FN6O2.CH4/c20-17-9-14(26-12-15(28-19(26)27)11-25-8-6-22-23-25)2-3-16(17)13-1-4-18-21-5-7-24(18)10-13;/h1-10,15H,11-12H2;1H4/t15-;/m0./s1. The molecule has 29 heavy (non-hydrogen) atoms. The van der Waals surface area contributed by atoms with Gasteiger partial charge in [0.05, 0.1) is 25.0 Å². The third-order valence-corrected chi connectivity index (χ3v) is 4.70. The number of benzene rings is 1. The molecule has 4 aromatic rings.